The van der Waals surface area contributed by atoms with Crippen LogP contribution in [0.1, 0.15) is 155 Å². The van der Waals surface area contributed by atoms with E-state index in [0.717, 1.165) is 89.9 Å². The average molecular weight is 771 g/mol. The lowest BCUT2D eigenvalue weighted by Gasteiger charge is -2.31. The van der Waals surface area contributed by atoms with Crippen molar-refractivity contribution < 1.29 is 38.2 Å². The maximum Gasteiger partial charge on any atom is 0.362 e. The first-order chi connectivity index (χ1) is 26.6. The number of unbranched alkanes of at least 4 members (excludes halogenated alkanes) is 12. The summed E-state index contributed by atoms with van der Waals surface area (Å²) in [6.07, 6.45) is 46.6. The van der Waals surface area contributed by atoms with Crippen molar-refractivity contribution in [3.8, 4) is 0 Å². The predicted octanol–water partition coefficient (Wildman–Crippen LogP) is 11.6. The second kappa shape index (κ2) is 37.7. The van der Waals surface area contributed by atoms with Crippen molar-refractivity contribution in [3.63, 3.8) is 0 Å². The van der Waals surface area contributed by atoms with E-state index in [9.17, 15) is 19.5 Å². The number of aliphatic carboxylic acids is 1. The van der Waals surface area contributed by atoms with Crippen LogP contribution >= 0.6 is 0 Å². The molecule has 8 nitrogen and oxygen atoms in total. The SMILES string of the molecule is CC/C=C/C/C=C/C/C=C/C/C=C/CCCCCCCCCC(=O)OC(COCCC(C(=O)O)[N+](C)(C)C)COC(=O)CCCCC/C=C/C=C/CCCC. The number of esters is 2. The summed E-state index contributed by atoms with van der Waals surface area (Å²) in [6.45, 7) is 4.51. The summed E-state index contributed by atoms with van der Waals surface area (Å²) in [5.74, 6) is -1.53. The minimum Gasteiger partial charge on any atom is -0.477 e. The van der Waals surface area contributed by atoms with E-state index in [-0.39, 0.29) is 36.2 Å². The van der Waals surface area contributed by atoms with Gasteiger partial charge in [-0.15, -0.1) is 0 Å². The Balaban J connectivity index is 4.38. The van der Waals surface area contributed by atoms with Gasteiger partial charge in [0.2, 0.25) is 0 Å². The summed E-state index contributed by atoms with van der Waals surface area (Å²) in [5, 5.41) is 9.61. The Bertz CT molecular complexity index is 1130. The summed E-state index contributed by atoms with van der Waals surface area (Å²) in [6, 6.07) is -0.623. The van der Waals surface area contributed by atoms with Crippen LogP contribution in [0, 0.1) is 0 Å². The molecule has 2 atom stereocenters. The van der Waals surface area contributed by atoms with Crippen LogP contribution in [-0.4, -0.2) is 80.6 Å². The van der Waals surface area contributed by atoms with Crippen molar-refractivity contribution in [2.45, 2.75) is 167 Å². The largest absolute Gasteiger partial charge is 0.477 e. The molecule has 0 saturated heterocycles. The highest BCUT2D eigenvalue weighted by Crippen LogP contribution is 2.13. The Labute approximate surface area is 336 Å². The first-order valence-corrected chi connectivity index (χ1v) is 21.5. The van der Waals surface area contributed by atoms with Gasteiger partial charge in [0.1, 0.15) is 6.61 Å². The minimum absolute atomic E-state index is 0.0443. The smallest absolute Gasteiger partial charge is 0.362 e. The van der Waals surface area contributed by atoms with E-state index < -0.39 is 18.1 Å². The van der Waals surface area contributed by atoms with Gasteiger partial charge >= 0.3 is 17.9 Å². The fourth-order valence-electron chi connectivity index (χ4n) is 5.76. The monoisotopic (exact) mass is 771 g/mol. The Morgan fingerprint density at radius 3 is 1.64 bits per heavy atom. The van der Waals surface area contributed by atoms with Gasteiger partial charge in [0, 0.05) is 19.3 Å². The van der Waals surface area contributed by atoms with Gasteiger partial charge < -0.3 is 23.8 Å². The maximum atomic E-state index is 12.7. The van der Waals surface area contributed by atoms with Gasteiger partial charge in [-0.25, -0.2) is 4.79 Å². The zero-order valence-corrected chi connectivity index (χ0v) is 35.6. The normalized spacial score (nSPS) is 13.7. The molecule has 0 aliphatic rings. The van der Waals surface area contributed by atoms with Crippen LogP contribution in [0.2, 0.25) is 0 Å². The van der Waals surface area contributed by atoms with E-state index in [0.29, 0.717) is 19.3 Å². The van der Waals surface area contributed by atoms with Gasteiger partial charge in [-0.1, -0.05) is 138 Å². The van der Waals surface area contributed by atoms with Gasteiger partial charge in [-0.05, 0) is 70.6 Å². The van der Waals surface area contributed by atoms with E-state index in [2.05, 4.69) is 86.8 Å². The van der Waals surface area contributed by atoms with Crippen molar-refractivity contribution in [2.75, 3.05) is 41.0 Å². The highest BCUT2D eigenvalue weighted by atomic mass is 16.6. The zero-order chi connectivity index (χ0) is 40.7. The Morgan fingerprint density at radius 2 is 1.07 bits per heavy atom. The number of carbonyl (C=O) groups is 3. The molecule has 0 aromatic heterocycles. The van der Waals surface area contributed by atoms with Crippen molar-refractivity contribution in [1.29, 1.82) is 0 Å². The second-order valence-corrected chi connectivity index (χ2v) is 15.2. The fraction of sp³-hybridized carbons (Fsp3) is 0.681. The maximum absolute atomic E-state index is 12.7. The lowest BCUT2D eigenvalue weighted by Crippen LogP contribution is -2.50. The lowest BCUT2D eigenvalue weighted by molar-refractivity contribution is -0.887. The summed E-state index contributed by atoms with van der Waals surface area (Å²) in [4.78, 5) is 36.9. The molecule has 0 rings (SSSR count). The van der Waals surface area contributed by atoms with E-state index in [1.54, 1.807) is 0 Å². The third-order valence-corrected chi connectivity index (χ3v) is 9.12. The van der Waals surface area contributed by atoms with Crippen LogP contribution in [0.25, 0.3) is 0 Å². The highest BCUT2D eigenvalue weighted by molar-refractivity contribution is 5.72. The molecular weight excluding hydrogens is 691 g/mol. The summed E-state index contributed by atoms with van der Waals surface area (Å²) in [5.41, 5.74) is 0. The topological polar surface area (TPSA) is 99.1 Å². The molecule has 0 aliphatic heterocycles. The number of likely N-dealkylation sites (N-methyl/N-ethyl adjacent to an activating group) is 1. The Morgan fingerprint density at radius 1 is 0.582 bits per heavy atom. The molecule has 0 amide bonds. The molecule has 0 radical (unpaired) electrons. The highest BCUT2D eigenvalue weighted by Gasteiger charge is 2.31. The number of hydrogen-bond acceptors (Lipinski definition) is 6. The summed E-state index contributed by atoms with van der Waals surface area (Å²) < 4.78 is 17.2. The van der Waals surface area contributed by atoms with E-state index in [4.69, 9.17) is 14.2 Å². The van der Waals surface area contributed by atoms with Crippen molar-refractivity contribution in [1.82, 2.24) is 0 Å². The molecule has 314 valence electrons. The third-order valence-electron chi connectivity index (χ3n) is 9.12. The second-order valence-electron chi connectivity index (χ2n) is 15.2. The lowest BCUT2D eigenvalue weighted by atomic mass is 10.1. The number of allylic oxidation sites excluding steroid dienone is 12. The van der Waals surface area contributed by atoms with Gasteiger partial charge in [0.05, 0.1) is 34.4 Å². The van der Waals surface area contributed by atoms with Crippen LogP contribution in [-0.2, 0) is 28.6 Å². The Hall–Kier alpha value is -3.23. The van der Waals surface area contributed by atoms with Crippen molar-refractivity contribution in [3.05, 3.63) is 72.9 Å². The molecular formula is C47H80NO7+. The molecule has 0 heterocycles. The zero-order valence-electron chi connectivity index (χ0n) is 35.6. The molecule has 0 aliphatic carbocycles. The van der Waals surface area contributed by atoms with E-state index in [1.807, 2.05) is 21.1 Å². The number of quaternary nitrogens is 1. The number of carboxylic acid groups (broad SMARTS) is 1. The standard InChI is InChI=1S/C47H79NO7/c1-6-8-10-12-14-16-18-19-20-21-22-23-24-25-26-28-30-32-34-36-38-46(50)55-43(41-53-40-39-44(47(51)52)48(3,4)5)42-54-45(49)37-35-33-31-29-27-17-15-13-11-9-7-2/h8,10,13-17,19-20,22-23,27,43-44H,6-7,9,11-12,18,21,24-26,28-42H2,1-5H3/p+1/b10-8+,15-13+,16-14+,20-19+,23-22+,27-17+. The van der Waals surface area contributed by atoms with Crippen LogP contribution in [0.15, 0.2) is 72.9 Å². The van der Waals surface area contributed by atoms with Crippen molar-refractivity contribution in [2.24, 2.45) is 0 Å². The molecule has 8 heteroatoms. The average Bonchev–Trinajstić information content (AvgIpc) is 3.14. The first kappa shape index (κ1) is 51.8. The van der Waals surface area contributed by atoms with Gasteiger partial charge in [0.25, 0.3) is 0 Å². The Kier molecular flexibility index (Phi) is 35.5. The number of rotatable bonds is 37. The number of ether oxygens (including phenoxy) is 3. The van der Waals surface area contributed by atoms with Crippen LogP contribution in [0.5, 0.6) is 0 Å². The third kappa shape index (κ3) is 36.2. The number of carbonyl (C=O) groups excluding carboxylic acids is 2. The van der Waals surface area contributed by atoms with E-state index in [1.165, 1.54) is 32.1 Å². The molecule has 0 aromatic rings. The molecule has 0 aromatic carbocycles. The first-order valence-electron chi connectivity index (χ1n) is 21.5. The molecule has 55 heavy (non-hydrogen) atoms. The summed E-state index contributed by atoms with van der Waals surface area (Å²) in [7, 11) is 5.50. The molecule has 0 fully saturated rings. The van der Waals surface area contributed by atoms with Crippen LogP contribution in [0.4, 0.5) is 0 Å². The minimum atomic E-state index is -0.884. The quantitative estimate of drug-likeness (QED) is 0.0221. The molecule has 2 unspecified atom stereocenters. The molecule has 1 N–H and O–H groups in total. The molecule has 0 bridgehead atoms. The predicted molar refractivity (Wildman–Crippen MR) is 229 cm³/mol. The van der Waals surface area contributed by atoms with Crippen LogP contribution in [0.3, 0.4) is 0 Å². The number of nitrogens with zero attached hydrogens (tertiary/aromatic N) is 1. The van der Waals surface area contributed by atoms with Gasteiger partial charge in [-0.2, -0.15) is 0 Å². The number of carboxylic acids is 1. The van der Waals surface area contributed by atoms with Gasteiger partial charge in [0.15, 0.2) is 12.1 Å². The van der Waals surface area contributed by atoms with Gasteiger partial charge in [-0.3, -0.25) is 9.59 Å². The molecule has 0 spiro atoms. The van der Waals surface area contributed by atoms with Crippen LogP contribution < -0.4 is 0 Å². The molecule has 0 saturated carbocycles. The fourth-order valence-corrected chi connectivity index (χ4v) is 5.76. The van der Waals surface area contributed by atoms with Crippen molar-refractivity contribution >= 4 is 17.9 Å². The van der Waals surface area contributed by atoms with E-state index >= 15 is 0 Å². The number of hydrogen-bond donors (Lipinski definition) is 1. The summed E-state index contributed by atoms with van der Waals surface area (Å²) >= 11 is 0.